The van der Waals surface area contributed by atoms with Gasteiger partial charge in [-0.15, -0.1) is 0 Å². The van der Waals surface area contributed by atoms with E-state index in [2.05, 4.69) is 4.98 Å². The molecule has 1 aliphatic heterocycles. The van der Waals surface area contributed by atoms with Gasteiger partial charge in [-0.25, -0.2) is 8.96 Å². The SMILES string of the molecule is O=S(=O)(N1CCCC1)n1ccnc1. The fourth-order valence-electron chi connectivity index (χ4n) is 1.44. The average Bonchev–Trinajstić information content (AvgIpc) is 2.78. The number of rotatable bonds is 2. The van der Waals surface area contributed by atoms with E-state index < -0.39 is 10.2 Å². The summed E-state index contributed by atoms with van der Waals surface area (Å²) in [6.07, 6.45) is 6.14. The lowest BCUT2D eigenvalue weighted by atomic mass is 10.4. The highest BCUT2D eigenvalue weighted by atomic mass is 32.2. The van der Waals surface area contributed by atoms with E-state index in [0.29, 0.717) is 13.1 Å². The van der Waals surface area contributed by atoms with E-state index in [1.54, 1.807) is 0 Å². The van der Waals surface area contributed by atoms with Crippen LogP contribution in [0.25, 0.3) is 0 Å². The Balaban J connectivity index is 2.30. The first-order chi connectivity index (χ1) is 6.21. The van der Waals surface area contributed by atoms with Crippen molar-refractivity contribution in [3.05, 3.63) is 18.7 Å². The molecule has 0 unspecified atom stereocenters. The molecule has 1 saturated heterocycles. The Kier molecular flexibility index (Phi) is 2.09. The summed E-state index contributed by atoms with van der Waals surface area (Å²) in [7, 11) is -3.31. The van der Waals surface area contributed by atoms with Gasteiger partial charge in [0.1, 0.15) is 6.33 Å². The van der Waals surface area contributed by atoms with Crippen molar-refractivity contribution in [1.29, 1.82) is 0 Å². The molecule has 1 aromatic heterocycles. The smallest absolute Gasteiger partial charge is 0.244 e. The minimum absolute atomic E-state index is 0.626. The van der Waals surface area contributed by atoms with Gasteiger partial charge in [0.25, 0.3) is 0 Å². The Hall–Kier alpha value is -0.880. The summed E-state index contributed by atoms with van der Waals surface area (Å²) in [6, 6.07) is 0. The van der Waals surface area contributed by atoms with E-state index in [1.807, 2.05) is 0 Å². The van der Waals surface area contributed by atoms with Gasteiger partial charge in [-0.3, -0.25) is 0 Å². The Bertz CT molecular complexity index is 364. The fourth-order valence-corrected chi connectivity index (χ4v) is 2.80. The highest BCUT2D eigenvalue weighted by Gasteiger charge is 2.26. The molecule has 6 heteroatoms. The number of nitrogens with zero attached hydrogens (tertiary/aromatic N) is 3. The lowest BCUT2D eigenvalue weighted by Gasteiger charge is -2.14. The van der Waals surface area contributed by atoms with E-state index in [9.17, 15) is 8.42 Å². The highest BCUT2D eigenvalue weighted by molar-refractivity contribution is 7.87. The molecule has 0 N–H and O–H groups in total. The molecule has 2 rings (SSSR count). The zero-order chi connectivity index (χ0) is 9.31. The van der Waals surface area contributed by atoms with Gasteiger partial charge >= 0.3 is 10.2 Å². The van der Waals surface area contributed by atoms with Gasteiger partial charge in [-0.1, -0.05) is 0 Å². The van der Waals surface area contributed by atoms with Crippen molar-refractivity contribution in [2.24, 2.45) is 0 Å². The van der Waals surface area contributed by atoms with Gasteiger partial charge in [0, 0.05) is 25.5 Å². The average molecular weight is 201 g/mol. The van der Waals surface area contributed by atoms with Crippen molar-refractivity contribution in [2.75, 3.05) is 13.1 Å². The van der Waals surface area contributed by atoms with Crippen LogP contribution in [0.5, 0.6) is 0 Å². The summed E-state index contributed by atoms with van der Waals surface area (Å²) in [5.41, 5.74) is 0. The number of aromatic nitrogens is 2. The van der Waals surface area contributed by atoms with Crippen LogP contribution in [0, 0.1) is 0 Å². The first-order valence-electron chi connectivity index (χ1n) is 4.20. The van der Waals surface area contributed by atoms with Crippen molar-refractivity contribution in [3.8, 4) is 0 Å². The van der Waals surface area contributed by atoms with Gasteiger partial charge in [0.05, 0.1) is 0 Å². The number of hydrogen-bond donors (Lipinski definition) is 0. The molecule has 0 aromatic carbocycles. The van der Waals surface area contributed by atoms with Crippen LogP contribution in [0.15, 0.2) is 18.7 Å². The van der Waals surface area contributed by atoms with Gasteiger partial charge in [0.15, 0.2) is 0 Å². The molecule has 0 radical (unpaired) electrons. The Morgan fingerprint density at radius 3 is 2.46 bits per heavy atom. The van der Waals surface area contributed by atoms with Crippen LogP contribution in [0.4, 0.5) is 0 Å². The lowest BCUT2D eigenvalue weighted by Crippen LogP contribution is -2.32. The fraction of sp³-hybridized carbons (Fsp3) is 0.571. The molecule has 1 aromatic rings. The molecule has 0 bridgehead atoms. The largest absolute Gasteiger partial charge is 0.308 e. The second kappa shape index (κ2) is 3.12. The van der Waals surface area contributed by atoms with Crippen molar-refractivity contribution >= 4 is 10.2 Å². The molecule has 0 atom stereocenters. The van der Waals surface area contributed by atoms with Gasteiger partial charge < -0.3 is 0 Å². The molecule has 5 nitrogen and oxygen atoms in total. The Morgan fingerprint density at radius 2 is 1.92 bits per heavy atom. The molecular weight excluding hydrogens is 190 g/mol. The normalized spacial score (nSPS) is 19.4. The van der Waals surface area contributed by atoms with Crippen LogP contribution >= 0.6 is 0 Å². The first-order valence-corrected chi connectivity index (χ1v) is 5.59. The molecule has 72 valence electrons. The predicted octanol–water partition coefficient (Wildman–Crippen LogP) is 0.0718. The molecule has 2 heterocycles. The predicted molar refractivity (Wildman–Crippen MR) is 47.4 cm³/mol. The van der Waals surface area contributed by atoms with E-state index in [-0.39, 0.29) is 0 Å². The second-order valence-corrected chi connectivity index (χ2v) is 4.84. The third kappa shape index (κ3) is 1.47. The quantitative estimate of drug-likeness (QED) is 0.680. The number of hydrogen-bond acceptors (Lipinski definition) is 3. The Morgan fingerprint density at radius 1 is 1.23 bits per heavy atom. The van der Waals surface area contributed by atoms with Gasteiger partial charge in [0.2, 0.25) is 0 Å². The zero-order valence-electron chi connectivity index (χ0n) is 7.13. The maximum atomic E-state index is 11.7. The maximum absolute atomic E-state index is 11.7. The summed E-state index contributed by atoms with van der Waals surface area (Å²) in [4.78, 5) is 3.72. The summed E-state index contributed by atoms with van der Waals surface area (Å²) in [5.74, 6) is 0. The number of imidazole rings is 1. The maximum Gasteiger partial charge on any atom is 0.308 e. The van der Waals surface area contributed by atoms with Crippen LogP contribution in [0.2, 0.25) is 0 Å². The molecule has 0 aliphatic carbocycles. The third-order valence-electron chi connectivity index (χ3n) is 2.14. The van der Waals surface area contributed by atoms with Crippen LogP contribution in [0.3, 0.4) is 0 Å². The van der Waals surface area contributed by atoms with Gasteiger partial charge in [-0.2, -0.15) is 12.7 Å². The van der Waals surface area contributed by atoms with Crippen LogP contribution < -0.4 is 0 Å². The molecule has 1 fully saturated rings. The summed E-state index contributed by atoms with van der Waals surface area (Å²) in [5, 5.41) is 0. The molecule has 1 aliphatic rings. The minimum Gasteiger partial charge on any atom is -0.244 e. The summed E-state index contributed by atoms with van der Waals surface area (Å²) in [6.45, 7) is 1.25. The van der Waals surface area contributed by atoms with Crippen molar-refractivity contribution in [1.82, 2.24) is 13.3 Å². The van der Waals surface area contributed by atoms with Crippen LogP contribution in [-0.2, 0) is 10.2 Å². The molecule has 13 heavy (non-hydrogen) atoms. The second-order valence-electron chi connectivity index (χ2n) is 3.01. The van der Waals surface area contributed by atoms with Crippen molar-refractivity contribution in [3.63, 3.8) is 0 Å². The van der Waals surface area contributed by atoms with E-state index in [1.165, 1.54) is 23.0 Å². The van der Waals surface area contributed by atoms with Crippen molar-refractivity contribution in [2.45, 2.75) is 12.8 Å². The standard InChI is InChI=1S/C7H11N3O2S/c11-13(12,9-4-1-2-5-9)10-6-3-8-7-10/h3,6-7H,1-2,4-5H2. The van der Waals surface area contributed by atoms with Crippen LogP contribution in [-0.4, -0.2) is 34.8 Å². The monoisotopic (exact) mass is 201 g/mol. The Labute approximate surface area is 77.2 Å². The molecule has 0 amide bonds. The summed E-state index contributed by atoms with van der Waals surface area (Å²) >= 11 is 0. The zero-order valence-corrected chi connectivity index (χ0v) is 7.94. The van der Waals surface area contributed by atoms with E-state index >= 15 is 0 Å². The summed E-state index contributed by atoms with van der Waals surface area (Å²) < 4.78 is 26.1. The highest BCUT2D eigenvalue weighted by Crippen LogP contribution is 2.13. The van der Waals surface area contributed by atoms with E-state index in [0.717, 1.165) is 16.8 Å². The lowest BCUT2D eigenvalue weighted by molar-refractivity contribution is 0.469. The topological polar surface area (TPSA) is 55.2 Å². The minimum atomic E-state index is -3.31. The van der Waals surface area contributed by atoms with E-state index in [4.69, 9.17) is 0 Å². The molecule has 0 spiro atoms. The van der Waals surface area contributed by atoms with Crippen LogP contribution in [0.1, 0.15) is 12.8 Å². The third-order valence-corrected chi connectivity index (χ3v) is 3.90. The first kappa shape index (κ1) is 8.71. The van der Waals surface area contributed by atoms with Crippen molar-refractivity contribution < 1.29 is 8.42 Å². The van der Waals surface area contributed by atoms with Gasteiger partial charge in [-0.05, 0) is 12.8 Å². The molecule has 0 saturated carbocycles. The molecular formula is C7H11N3O2S.